The third-order valence-electron chi connectivity index (χ3n) is 2.58. The van der Waals surface area contributed by atoms with Crippen molar-refractivity contribution in [2.45, 2.75) is 25.7 Å². The first-order valence-electron chi connectivity index (χ1n) is 6.15. The Kier molecular flexibility index (Phi) is 6.16. The van der Waals surface area contributed by atoms with Crippen molar-refractivity contribution in [2.75, 3.05) is 18.7 Å². The second-order valence-electron chi connectivity index (χ2n) is 5.54. The SMILES string of the molecule is C[Si](C)(C)CCOCNc1ccc(Br)cc1C(=N)F. The molecular formula is C13H20BrFN2OSi. The molecule has 0 fully saturated rings. The summed E-state index contributed by atoms with van der Waals surface area (Å²) in [6.07, 6.45) is 0. The zero-order valence-corrected chi connectivity index (χ0v) is 14.1. The van der Waals surface area contributed by atoms with E-state index in [0.29, 0.717) is 19.0 Å². The Morgan fingerprint density at radius 3 is 2.68 bits per heavy atom. The van der Waals surface area contributed by atoms with Crippen molar-refractivity contribution >= 4 is 35.7 Å². The van der Waals surface area contributed by atoms with Crippen molar-refractivity contribution in [2.24, 2.45) is 0 Å². The number of halogens is 2. The van der Waals surface area contributed by atoms with Gasteiger partial charge in [0.2, 0.25) is 5.97 Å². The van der Waals surface area contributed by atoms with Gasteiger partial charge < -0.3 is 10.1 Å². The molecule has 1 aromatic carbocycles. The second-order valence-corrected chi connectivity index (χ2v) is 12.1. The molecule has 2 N–H and O–H groups in total. The molecule has 106 valence electrons. The van der Waals surface area contributed by atoms with Crippen LogP contribution in [0.2, 0.25) is 25.7 Å². The molecule has 6 heteroatoms. The molecule has 0 unspecified atom stereocenters. The molecule has 0 bridgehead atoms. The Labute approximate surface area is 123 Å². The average Bonchev–Trinajstić information content (AvgIpc) is 2.28. The second kappa shape index (κ2) is 7.16. The third kappa shape index (κ3) is 6.31. The van der Waals surface area contributed by atoms with Gasteiger partial charge in [-0.1, -0.05) is 35.6 Å². The van der Waals surface area contributed by atoms with Crippen LogP contribution in [0.25, 0.3) is 0 Å². The van der Waals surface area contributed by atoms with Crippen LogP contribution >= 0.6 is 15.9 Å². The van der Waals surface area contributed by atoms with Crippen molar-refractivity contribution in [1.82, 2.24) is 0 Å². The molecule has 0 aliphatic heterocycles. The van der Waals surface area contributed by atoms with Gasteiger partial charge in [-0.2, -0.15) is 4.39 Å². The number of hydrogen-bond donors (Lipinski definition) is 2. The minimum Gasteiger partial charge on any atom is -0.362 e. The van der Waals surface area contributed by atoms with E-state index in [4.69, 9.17) is 10.1 Å². The molecule has 0 aromatic heterocycles. The maximum absolute atomic E-state index is 13.1. The van der Waals surface area contributed by atoms with Crippen molar-refractivity contribution in [3.05, 3.63) is 28.2 Å². The predicted octanol–water partition coefficient (Wildman–Crippen LogP) is 4.47. The Balaban J connectivity index is 2.47. The van der Waals surface area contributed by atoms with E-state index in [-0.39, 0.29) is 5.56 Å². The van der Waals surface area contributed by atoms with E-state index in [0.717, 1.165) is 10.5 Å². The molecule has 0 atom stereocenters. The standard InChI is InChI=1S/C13H20BrFN2OSi/c1-19(2,3)7-6-18-9-17-12-5-4-10(14)8-11(12)13(15)16/h4-5,8,16-17H,6-7,9H2,1-3H3. The van der Waals surface area contributed by atoms with Crippen molar-refractivity contribution < 1.29 is 9.13 Å². The lowest BCUT2D eigenvalue weighted by molar-refractivity contribution is 0.166. The fourth-order valence-corrected chi connectivity index (χ4v) is 2.55. The summed E-state index contributed by atoms with van der Waals surface area (Å²) in [5.74, 6) is -0.953. The van der Waals surface area contributed by atoms with E-state index >= 15 is 0 Å². The van der Waals surface area contributed by atoms with E-state index in [2.05, 4.69) is 40.9 Å². The first-order chi connectivity index (χ1) is 8.79. The number of benzene rings is 1. The lowest BCUT2D eigenvalue weighted by Gasteiger charge is -2.16. The number of nitrogens with one attached hydrogen (secondary N) is 2. The summed E-state index contributed by atoms with van der Waals surface area (Å²) in [5.41, 5.74) is 0.812. The largest absolute Gasteiger partial charge is 0.362 e. The Morgan fingerprint density at radius 2 is 2.11 bits per heavy atom. The molecule has 0 aliphatic rings. The van der Waals surface area contributed by atoms with E-state index in [1.165, 1.54) is 0 Å². The van der Waals surface area contributed by atoms with Crippen LogP contribution in [-0.2, 0) is 4.74 Å². The van der Waals surface area contributed by atoms with Crippen LogP contribution < -0.4 is 5.32 Å². The van der Waals surface area contributed by atoms with E-state index in [1.807, 2.05) is 0 Å². The molecule has 0 saturated carbocycles. The summed E-state index contributed by atoms with van der Waals surface area (Å²) in [7, 11) is -1.08. The highest BCUT2D eigenvalue weighted by Gasteiger charge is 2.12. The van der Waals surface area contributed by atoms with Gasteiger partial charge in [0, 0.05) is 24.8 Å². The molecule has 0 radical (unpaired) electrons. The van der Waals surface area contributed by atoms with Gasteiger partial charge in [0.1, 0.15) is 6.73 Å². The van der Waals surface area contributed by atoms with Crippen LogP contribution in [0.3, 0.4) is 0 Å². The Bertz CT molecular complexity index is 449. The lowest BCUT2D eigenvalue weighted by atomic mass is 10.2. The normalized spacial score (nSPS) is 11.4. The number of anilines is 1. The minimum absolute atomic E-state index is 0.239. The van der Waals surface area contributed by atoms with Crippen molar-refractivity contribution in [3.63, 3.8) is 0 Å². The molecule has 0 heterocycles. The van der Waals surface area contributed by atoms with Crippen LogP contribution in [0.15, 0.2) is 22.7 Å². The highest BCUT2D eigenvalue weighted by molar-refractivity contribution is 9.10. The molecule has 0 spiro atoms. The Hall–Kier alpha value is -0.723. The molecule has 0 saturated heterocycles. The van der Waals surface area contributed by atoms with Gasteiger partial charge in [0.25, 0.3) is 0 Å². The summed E-state index contributed by atoms with van der Waals surface area (Å²) in [6.45, 7) is 7.91. The minimum atomic E-state index is -1.08. The first kappa shape index (κ1) is 16.3. The van der Waals surface area contributed by atoms with Gasteiger partial charge in [-0.05, 0) is 24.2 Å². The Morgan fingerprint density at radius 1 is 1.42 bits per heavy atom. The molecule has 19 heavy (non-hydrogen) atoms. The lowest BCUT2D eigenvalue weighted by Crippen LogP contribution is -2.22. The average molecular weight is 347 g/mol. The zero-order valence-electron chi connectivity index (χ0n) is 11.5. The predicted molar refractivity (Wildman–Crippen MR) is 84.7 cm³/mol. The highest BCUT2D eigenvalue weighted by Crippen LogP contribution is 2.22. The summed E-state index contributed by atoms with van der Waals surface area (Å²) in [5, 5.41) is 10.1. The number of hydrogen-bond acceptors (Lipinski definition) is 3. The number of rotatable bonds is 7. The van der Waals surface area contributed by atoms with Crippen LogP contribution in [0, 0.1) is 5.41 Å². The molecule has 3 nitrogen and oxygen atoms in total. The smallest absolute Gasteiger partial charge is 0.214 e. The summed E-state index contributed by atoms with van der Waals surface area (Å²) >= 11 is 3.26. The first-order valence-corrected chi connectivity index (χ1v) is 10.7. The maximum atomic E-state index is 13.1. The summed E-state index contributed by atoms with van der Waals surface area (Å²) in [4.78, 5) is 0. The molecule has 0 aliphatic carbocycles. The molecule has 1 aromatic rings. The quantitative estimate of drug-likeness (QED) is 0.331. The molecule has 1 rings (SSSR count). The van der Waals surface area contributed by atoms with Gasteiger partial charge in [0.15, 0.2) is 0 Å². The van der Waals surface area contributed by atoms with E-state index < -0.39 is 14.0 Å². The zero-order chi connectivity index (χ0) is 14.5. The molecular weight excluding hydrogens is 327 g/mol. The highest BCUT2D eigenvalue weighted by atomic mass is 79.9. The van der Waals surface area contributed by atoms with Crippen molar-refractivity contribution in [3.8, 4) is 0 Å². The monoisotopic (exact) mass is 346 g/mol. The van der Waals surface area contributed by atoms with Gasteiger partial charge in [-0.25, -0.2) is 0 Å². The van der Waals surface area contributed by atoms with Crippen LogP contribution in [0.1, 0.15) is 5.56 Å². The molecule has 0 amide bonds. The summed E-state index contributed by atoms with van der Waals surface area (Å²) in [6, 6.07) is 6.21. The van der Waals surface area contributed by atoms with Crippen LogP contribution in [0.4, 0.5) is 10.1 Å². The van der Waals surface area contributed by atoms with Crippen molar-refractivity contribution in [1.29, 1.82) is 5.41 Å². The fraction of sp³-hybridized carbons (Fsp3) is 0.462. The maximum Gasteiger partial charge on any atom is 0.214 e. The van der Waals surface area contributed by atoms with E-state index in [9.17, 15) is 4.39 Å². The van der Waals surface area contributed by atoms with Crippen LogP contribution in [0.5, 0.6) is 0 Å². The summed E-state index contributed by atoms with van der Waals surface area (Å²) < 4.78 is 19.3. The topological polar surface area (TPSA) is 45.1 Å². The van der Waals surface area contributed by atoms with E-state index in [1.54, 1.807) is 18.2 Å². The van der Waals surface area contributed by atoms with Gasteiger partial charge >= 0.3 is 0 Å². The van der Waals surface area contributed by atoms with Gasteiger partial charge in [-0.3, -0.25) is 5.41 Å². The van der Waals surface area contributed by atoms with Crippen LogP contribution in [-0.4, -0.2) is 27.4 Å². The van der Waals surface area contributed by atoms with Gasteiger partial charge in [-0.15, -0.1) is 0 Å². The third-order valence-corrected chi connectivity index (χ3v) is 4.78. The number of ether oxygens (including phenoxy) is 1. The van der Waals surface area contributed by atoms with Gasteiger partial charge in [0.05, 0.1) is 5.56 Å². The fourth-order valence-electron chi connectivity index (χ4n) is 1.43.